The molecule has 0 radical (unpaired) electrons. The third kappa shape index (κ3) is 4.21. The second kappa shape index (κ2) is 11.0. The first-order valence-electron chi connectivity index (χ1n) is 19.0. The van der Waals surface area contributed by atoms with Crippen molar-refractivity contribution in [1.82, 2.24) is 0 Å². The average Bonchev–Trinajstić information content (AvgIpc) is 3.72. The fraction of sp³-hybridized carbons (Fsp3) is 0.192. The molecule has 0 N–H and O–H groups in total. The maximum absolute atomic E-state index is 2.55. The van der Waals surface area contributed by atoms with Gasteiger partial charge in [-0.25, -0.2) is 0 Å². The molecule has 3 aliphatic rings. The van der Waals surface area contributed by atoms with E-state index in [9.17, 15) is 0 Å². The van der Waals surface area contributed by atoms with Crippen LogP contribution in [0.15, 0.2) is 158 Å². The number of fused-ring (bicyclic) bond motifs is 13. The van der Waals surface area contributed by atoms with Crippen LogP contribution in [0.25, 0.3) is 33.4 Å². The Morgan fingerprint density at radius 1 is 0.442 bits per heavy atom. The van der Waals surface area contributed by atoms with Crippen LogP contribution < -0.4 is 0 Å². The van der Waals surface area contributed by atoms with Crippen LogP contribution >= 0.6 is 0 Å². The first-order chi connectivity index (χ1) is 25.2. The van der Waals surface area contributed by atoms with E-state index in [0.29, 0.717) is 0 Å². The molecule has 0 bridgehead atoms. The van der Waals surface area contributed by atoms with Gasteiger partial charge in [0.1, 0.15) is 0 Å². The minimum Gasteiger partial charge on any atom is -0.0622 e. The van der Waals surface area contributed by atoms with Crippen LogP contribution in [0, 0.1) is 0 Å². The lowest BCUT2D eigenvalue weighted by molar-refractivity contribution is 0.588. The average molecular weight is 669 g/mol. The number of hydrogen-bond acceptors (Lipinski definition) is 0. The quantitative estimate of drug-likeness (QED) is 0.175. The molecule has 0 aromatic heterocycles. The topological polar surface area (TPSA) is 0 Å². The van der Waals surface area contributed by atoms with Crippen molar-refractivity contribution in [1.29, 1.82) is 0 Å². The van der Waals surface area contributed by atoms with Crippen LogP contribution in [-0.4, -0.2) is 0 Å². The smallest absolute Gasteiger partial charge is 0.0622 e. The first kappa shape index (κ1) is 31.3. The predicted molar refractivity (Wildman–Crippen MR) is 217 cm³/mol. The number of rotatable bonds is 4. The number of hydrogen-bond donors (Lipinski definition) is 0. The van der Waals surface area contributed by atoms with E-state index in [1.807, 2.05) is 0 Å². The summed E-state index contributed by atoms with van der Waals surface area (Å²) in [5.41, 5.74) is 21.9. The molecule has 7 aromatic rings. The summed E-state index contributed by atoms with van der Waals surface area (Å²) in [6, 6.07) is 60.5. The molecule has 2 atom stereocenters. The molecular formula is C52H44. The highest BCUT2D eigenvalue weighted by atomic mass is 14.5. The Morgan fingerprint density at radius 2 is 0.981 bits per heavy atom. The van der Waals surface area contributed by atoms with Crippen molar-refractivity contribution >= 4 is 0 Å². The molecule has 0 nitrogen and oxygen atoms in total. The van der Waals surface area contributed by atoms with Crippen LogP contribution in [0.2, 0.25) is 0 Å². The van der Waals surface area contributed by atoms with Gasteiger partial charge >= 0.3 is 0 Å². The van der Waals surface area contributed by atoms with Gasteiger partial charge in [0.2, 0.25) is 0 Å². The summed E-state index contributed by atoms with van der Waals surface area (Å²) in [5.74, 6) is 0.190. The third-order valence-corrected chi connectivity index (χ3v) is 12.7. The van der Waals surface area contributed by atoms with Gasteiger partial charge in [-0.1, -0.05) is 192 Å². The van der Waals surface area contributed by atoms with Crippen LogP contribution in [0.5, 0.6) is 0 Å². The molecule has 0 amide bonds. The molecule has 0 heteroatoms. The van der Waals surface area contributed by atoms with Crippen LogP contribution in [0.3, 0.4) is 0 Å². The molecule has 2 unspecified atom stereocenters. The van der Waals surface area contributed by atoms with E-state index >= 15 is 0 Å². The van der Waals surface area contributed by atoms with E-state index in [4.69, 9.17) is 0 Å². The summed E-state index contributed by atoms with van der Waals surface area (Å²) < 4.78 is 0. The van der Waals surface area contributed by atoms with E-state index in [0.717, 1.165) is 6.42 Å². The Kier molecular flexibility index (Phi) is 6.63. The largest absolute Gasteiger partial charge is 0.0728 e. The molecule has 1 spiro atoms. The van der Waals surface area contributed by atoms with Crippen molar-refractivity contribution in [2.45, 2.75) is 63.2 Å². The molecule has 252 valence electrons. The molecule has 0 saturated carbocycles. The molecular weight excluding hydrogens is 625 g/mol. The van der Waals surface area contributed by atoms with Crippen molar-refractivity contribution in [3.63, 3.8) is 0 Å². The Hall–Kier alpha value is -5.46. The van der Waals surface area contributed by atoms with E-state index in [1.54, 1.807) is 0 Å². The van der Waals surface area contributed by atoms with Gasteiger partial charge in [0.25, 0.3) is 0 Å². The minimum absolute atomic E-state index is 0.0326. The van der Waals surface area contributed by atoms with Crippen LogP contribution in [-0.2, 0) is 22.7 Å². The number of benzene rings is 7. The molecule has 0 aliphatic heterocycles. The fourth-order valence-electron chi connectivity index (χ4n) is 10.2. The molecule has 0 heterocycles. The summed E-state index contributed by atoms with van der Waals surface area (Å²) >= 11 is 0. The monoisotopic (exact) mass is 668 g/mol. The van der Waals surface area contributed by atoms with Gasteiger partial charge < -0.3 is 0 Å². The zero-order chi connectivity index (χ0) is 35.4. The standard InChI is InChI=1S/C52H44/c1-50(2,3)36-27-29-41-38-20-10-13-24-45(38)52(48(41)32-36)46-25-14-11-21-39(46)42-22-15-18-35(49(42)52)30-43(33-16-7-6-8-17-33)34-26-28-40-37-19-9-12-23-44(37)51(4,5)47(40)31-34/h6-29,31-32,43H,30H2,1-5H3. The highest BCUT2D eigenvalue weighted by molar-refractivity contribution is 5.96. The first-order valence-corrected chi connectivity index (χ1v) is 19.0. The van der Waals surface area contributed by atoms with E-state index in [-0.39, 0.29) is 16.7 Å². The minimum atomic E-state index is -0.390. The zero-order valence-corrected chi connectivity index (χ0v) is 30.8. The summed E-state index contributed by atoms with van der Waals surface area (Å²) in [7, 11) is 0. The fourth-order valence-corrected chi connectivity index (χ4v) is 10.2. The molecule has 10 rings (SSSR count). The SMILES string of the molecule is CC(C)(C)c1ccc2c(c1)C1(c3ccccc3-2)c2ccccc2-c2cccc(CC(c3ccccc3)c3ccc4c(c3)C(C)(C)c3ccccc3-4)c21. The van der Waals surface area contributed by atoms with Gasteiger partial charge in [-0.05, 0) is 101 Å². The highest BCUT2D eigenvalue weighted by Gasteiger charge is 2.53. The lowest BCUT2D eigenvalue weighted by atomic mass is 9.67. The summed E-state index contributed by atoms with van der Waals surface area (Å²) in [6.07, 6.45) is 0.908. The second-order valence-corrected chi connectivity index (χ2v) is 16.8. The lowest BCUT2D eigenvalue weighted by Crippen LogP contribution is -2.28. The van der Waals surface area contributed by atoms with E-state index < -0.39 is 5.41 Å². The van der Waals surface area contributed by atoms with Gasteiger partial charge in [0.15, 0.2) is 0 Å². The maximum atomic E-state index is 2.55. The van der Waals surface area contributed by atoms with Gasteiger partial charge in [0, 0.05) is 11.3 Å². The zero-order valence-electron chi connectivity index (χ0n) is 30.8. The maximum Gasteiger partial charge on any atom is 0.0728 e. The van der Waals surface area contributed by atoms with E-state index in [1.165, 1.54) is 89.0 Å². The summed E-state index contributed by atoms with van der Waals surface area (Å²) in [4.78, 5) is 0. The Labute approximate surface area is 308 Å². The molecule has 3 aliphatic carbocycles. The second-order valence-electron chi connectivity index (χ2n) is 16.8. The molecule has 0 saturated heterocycles. The Bertz CT molecular complexity index is 2540. The Morgan fingerprint density at radius 3 is 1.67 bits per heavy atom. The highest BCUT2D eigenvalue weighted by Crippen LogP contribution is 2.64. The van der Waals surface area contributed by atoms with Gasteiger partial charge in [-0.15, -0.1) is 0 Å². The van der Waals surface area contributed by atoms with Crippen LogP contribution in [0.4, 0.5) is 0 Å². The van der Waals surface area contributed by atoms with Crippen molar-refractivity contribution in [2.75, 3.05) is 0 Å². The van der Waals surface area contributed by atoms with E-state index in [2.05, 4.69) is 192 Å². The summed E-state index contributed by atoms with van der Waals surface area (Å²) in [5, 5.41) is 0. The van der Waals surface area contributed by atoms with Gasteiger partial charge in [0.05, 0.1) is 5.41 Å². The Balaban J connectivity index is 1.22. The van der Waals surface area contributed by atoms with Gasteiger partial charge in [-0.3, -0.25) is 0 Å². The van der Waals surface area contributed by atoms with Gasteiger partial charge in [-0.2, -0.15) is 0 Å². The van der Waals surface area contributed by atoms with Crippen molar-refractivity contribution in [3.05, 3.63) is 213 Å². The predicted octanol–water partition coefficient (Wildman–Crippen LogP) is 13.0. The van der Waals surface area contributed by atoms with Crippen LogP contribution in [0.1, 0.15) is 96.2 Å². The molecule has 0 fully saturated rings. The summed E-state index contributed by atoms with van der Waals surface area (Å²) in [6.45, 7) is 11.8. The third-order valence-electron chi connectivity index (χ3n) is 12.7. The molecule has 52 heavy (non-hydrogen) atoms. The van der Waals surface area contributed by atoms with Crippen molar-refractivity contribution < 1.29 is 0 Å². The normalized spacial score (nSPS) is 17.6. The van der Waals surface area contributed by atoms with Crippen molar-refractivity contribution in [2.24, 2.45) is 0 Å². The van der Waals surface area contributed by atoms with Crippen molar-refractivity contribution in [3.8, 4) is 33.4 Å². The molecule has 7 aromatic carbocycles. The lowest BCUT2D eigenvalue weighted by Gasteiger charge is -2.34.